The molecule has 5 nitrogen and oxygen atoms in total. The molecule has 0 bridgehead atoms. The average molecular weight is 221 g/mol. The maximum atomic E-state index is 12.0. The van der Waals surface area contributed by atoms with Gasteiger partial charge in [-0.2, -0.15) is 0 Å². The predicted molar refractivity (Wildman–Crippen MR) is 56.8 cm³/mol. The van der Waals surface area contributed by atoms with Gasteiger partial charge in [-0.15, -0.1) is 0 Å². The molecule has 1 saturated heterocycles. The summed E-state index contributed by atoms with van der Waals surface area (Å²) in [7, 11) is 1.80. The molecule has 1 amide bonds. The van der Waals surface area contributed by atoms with Crippen LogP contribution in [-0.2, 0) is 7.05 Å². The molecule has 1 aliphatic heterocycles. The molecule has 5 heteroatoms. The second-order valence-corrected chi connectivity index (χ2v) is 4.93. The van der Waals surface area contributed by atoms with Crippen LogP contribution in [0.2, 0.25) is 0 Å². The summed E-state index contributed by atoms with van der Waals surface area (Å²) in [6, 6.07) is 0. The number of hydrogen-bond acceptors (Lipinski definition) is 3. The summed E-state index contributed by atoms with van der Waals surface area (Å²) in [5, 5.41) is 10.1. The summed E-state index contributed by atoms with van der Waals surface area (Å²) in [6.45, 7) is 0.948. The highest BCUT2D eigenvalue weighted by molar-refractivity contribution is 5.93. The highest BCUT2D eigenvalue weighted by atomic mass is 16.3. The molecule has 1 aromatic rings. The molecule has 86 valence electrons. The molecule has 0 atom stereocenters. The molecular formula is C11H15N3O2. The first-order valence-corrected chi connectivity index (χ1v) is 5.58. The first-order valence-electron chi connectivity index (χ1n) is 5.58. The molecule has 2 heterocycles. The van der Waals surface area contributed by atoms with Crippen LogP contribution in [-0.4, -0.2) is 44.2 Å². The molecule has 2 fully saturated rings. The molecule has 0 radical (unpaired) electrons. The van der Waals surface area contributed by atoms with Crippen LogP contribution in [0.3, 0.4) is 0 Å². The van der Waals surface area contributed by atoms with Gasteiger partial charge in [-0.3, -0.25) is 4.79 Å². The second kappa shape index (κ2) is 3.07. The number of aryl methyl sites for hydroxylation is 1. The van der Waals surface area contributed by atoms with Gasteiger partial charge in [-0.25, -0.2) is 4.98 Å². The van der Waals surface area contributed by atoms with Crippen molar-refractivity contribution in [1.82, 2.24) is 14.5 Å². The maximum Gasteiger partial charge on any atom is 0.272 e. The molecule has 1 N–H and O–H groups in total. The van der Waals surface area contributed by atoms with Crippen molar-refractivity contribution in [3.8, 4) is 0 Å². The fraction of sp³-hybridized carbons (Fsp3) is 0.636. The molecule has 1 aromatic heterocycles. The lowest BCUT2D eigenvalue weighted by atomic mass is 9.88. The van der Waals surface area contributed by atoms with E-state index in [0.717, 1.165) is 12.8 Å². The standard InChI is InChI=1S/C11H15N3O2/c1-13-7-12-4-9(13)10(15)14-5-11(16,6-14)8-2-3-8/h4,7-8,16H,2-3,5-6H2,1H3. The predicted octanol–water partition coefficient (Wildman–Crippen LogP) is 0.0170. The molecule has 0 spiro atoms. The van der Waals surface area contributed by atoms with E-state index in [4.69, 9.17) is 0 Å². The maximum absolute atomic E-state index is 12.0. The van der Waals surface area contributed by atoms with Crippen LogP contribution in [0.15, 0.2) is 12.5 Å². The van der Waals surface area contributed by atoms with Gasteiger partial charge in [-0.05, 0) is 18.8 Å². The fourth-order valence-corrected chi connectivity index (χ4v) is 2.36. The molecule has 1 aliphatic carbocycles. The Balaban J connectivity index is 1.68. The Labute approximate surface area is 93.7 Å². The number of aliphatic hydroxyl groups is 1. The molecule has 0 unspecified atom stereocenters. The van der Waals surface area contributed by atoms with Crippen LogP contribution < -0.4 is 0 Å². The Morgan fingerprint density at radius 1 is 1.56 bits per heavy atom. The third-order valence-corrected chi connectivity index (χ3v) is 3.59. The SMILES string of the molecule is Cn1cncc1C(=O)N1CC(O)(C2CC2)C1. The third-order valence-electron chi connectivity index (χ3n) is 3.59. The van der Waals surface area contributed by atoms with E-state index in [1.807, 2.05) is 0 Å². The molecule has 3 rings (SSSR count). The average Bonchev–Trinajstić information content (AvgIpc) is 2.97. The minimum Gasteiger partial charge on any atom is -0.386 e. The first kappa shape index (κ1) is 9.84. The van der Waals surface area contributed by atoms with Crippen molar-refractivity contribution in [2.75, 3.05) is 13.1 Å². The van der Waals surface area contributed by atoms with Crippen LogP contribution in [0, 0.1) is 5.92 Å². The van der Waals surface area contributed by atoms with Gasteiger partial charge in [0.1, 0.15) is 11.3 Å². The second-order valence-electron chi connectivity index (χ2n) is 4.93. The van der Waals surface area contributed by atoms with Gasteiger partial charge in [0.15, 0.2) is 0 Å². The van der Waals surface area contributed by atoms with Gasteiger partial charge in [0, 0.05) is 7.05 Å². The quantitative estimate of drug-likeness (QED) is 0.765. The number of β-amino-alcohol motifs (C(OH)–C–C–N with tert-alkyl or cyclic N) is 1. The number of aromatic nitrogens is 2. The van der Waals surface area contributed by atoms with E-state index in [2.05, 4.69) is 4.98 Å². The lowest BCUT2D eigenvalue weighted by molar-refractivity contribution is -0.0960. The summed E-state index contributed by atoms with van der Waals surface area (Å²) < 4.78 is 1.71. The minimum atomic E-state index is -0.603. The topological polar surface area (TPSA) is 58.4 Å². The Morgan fingerprint density at radius 2 is 2.25 bits per heavy atom. The highest BCUT2D eigenvalue weighted by Crippen LogP contribution is 2.44. The molecule has 2 aliphatic rings. The molecular weight excluding hydrogens is 206 g/mol. The Hall–Kier alpha value is -1.36. The fourth-order valence-electron chi connectivity index (χ4n) is 2.36. The Kier molecular flexibility index (Phi) is 1.89. The van der Waals surface area contributed by atoms with Crippen LogP contribution in [0.25, 0.3) is 0 Å². The molecule has 1 saturated carbocycles. The summed E-state index contributed by atoms with van der Waals surface area (Å²) in [6.07, 6.45) is 5.38. The Morgan fingerprint density at radius 3 is 2.75 bits per heavy atom. The summed E-state index contributed by atoms with van der Waals surface area (Å²) in [4.78, 5) is 17.6. The minimum absolute atomic E-state index is 0.0367. The third kappa shape index (κ3) is 1.35. The van der Waals surface area contributed by atoms with Crippen molar-refractivity contribution < 1.29 is 9.90 Å². The number of imidazole rings is 1. The van der Waals surface area contributed by atoms with Crippen molar-refractivity contribution >= 4 is 5.91 Å². The first-order chi connectivity index (χ1) is 7.60. The van der Waals surface area contributed by atoms with Gasteiger partial charge in [-0.1, -0.05) is 0 Å². The van der Waals surface area contributed by atoms with Crippen molar-refractivity contribution in [1.29, 1.82) is 0 Å². The smallest absolute Gasteiger partial charge is 0.272 e. The van der Waals surface area contributed by atoms with Crippen LogP contribution in [0.4, 0.5) is 0 Å². The zero-order valence-electron chi connectivity index (χ0n) is 9.26. The van der Waals surface area contributed by atoms with E-state index in [9.17, 15) is 9.90 Å². The van der Waals surface area contributed by atoms with Gasteiger partial charge in [0.25, 0.3) is 5.91 Å². The van der Waals surface area contributed by atoms with Crippen molar-refractivity contribution in [2.45, 2.75) is 18.4 Å². The summed E-state index contributed by atoms with van der Waals surface area (Å²) in [5.41, 5.74) is -0.0216. The van der Waals surface area contributed by atoms with Crippen molar-refractivity contribution in [3.63, 3.8) is 0 Å². The van der Waals surface area contributed by atoms with Gasteiger partial charge >= 0.3 is 0 Å². The van der Waals surface area contributed by atoms with E-state index in [-0.39, 0.29) is 5.91 Å². The number of carbonyl (C=O) groups excluding carboxylic acids is 1. The zero-order chi connectivity index (χ0) is 11.3. The van der Waals surface area contributed by atoms with E-state index >= 15 is 0 Å². The van der Waals surface area contributed by atoms with Gasteiger partial charge < -0.3 is 14.6 Å². The van der Waals surface area contributed by atoms with E-state index in [1.54, 1.807) is 29.0 Å². The normalized spacial score (nSPS) is 23.0. The highest BCUT2D eigenvalue weighted by Gasteiger charge is 2.53. The number of amides is 1. The number of carbonyl (C=O) groups is 1. The lowest BCUT2D eigenvalue weighted by Gasteiger charge is -2.46. The van der Waals surface area contributed by atoms with Crippen LogP contribution in [0.1, 0.15) is 23.3 Å². The number of hydrogen-bond donors (Lipinski definition) is 1. The number of nitrogens with zero attached hydrogens (tertiary/aromatic N) is 3. The zero-order valence-corrected chi connectivity index (χ0v) is 9.26. The van der Waals surface area contributed by atoms with Crippen molar-refractivity contribution in [2.24, 2.45) is 13.0 Å². The number of likely N-dealkylation sites (tertiary alicyclic amines) is 1. The van der Waals surface area contributed by atoms with Gasteiger partial charge in [0.05, 0.1) is 25.6 Å². The molecule has 0 aromatic carbocycles. The van der Waals surface area contributed by atoms with Gasteiger partial charge in [0.2, 0.25) is 0 Å². The monoisotopic (exact) mass is 221 g/mol. The largest absolute Gasteiger partial charge is 0.386 e. The van der Waals surface area contributed by atoms with E-state index < -0.39 is 5.60 Å². The molecule has 16 heavy (non-hydrogen) atoms. The summed E-state index contributed by atoms with van der Waals surface area (Å²) in [5.74, 6) is 0.383. The van der Waals surface area contributed by atoms with Crippen molar-refractivity contribution in [3.05, 3.63) is 18.2 Å². The Bertz CT molecular complexity index is 430. The van der Waals surface area contributed by atoms with E-state index in [1.165, 1.54) is 0 Å². The van der Waals surface area contributed by atoms with Crippen LogP contribution >= 0.6 is 0 Å². The van der Waals surface area contributed by atoms with E-state index in [0.29, 0.717) is 24.7 Å². The van der Waals surface area contributed by atoms with Crippen LogP contribution in [0.5, 0.6) is 0 Å². The number of rotatable bonds is 2. The lowest BCUT2D eigenvalue weighted by Crippen LogP contribution is -2.64. The summed E-state index contributed by atoms with van der Waals surface area (Å²) >= 11 is 0.